The van der Waals surface area contributed by atoms with Crippen LogP contribution in [-0.2, 0) is 19.1 Å². The van der Waals surface area contributed by atoms with E-state index in [0.29, 0.717) is 31.7 Å². The van der Waals surface area contributed by atoms with Crippen molar-refractivity contribution in [3.05, 3.63) is 35.9 Å². The van der Waals surface area contributed by atoms with Gasteiger partial charge >= 0.3 is 12.1 Å². The molecule has 0 bridgehead atoms. The van der Waals surface area contributed by atoms with Crippen LogP contribution < -0.4 is 0 Å². The number of carbonyl (C=O) groups excluding carboxylic acids is 2. The molecule has 0 unspecified atom stereocenters. The minimum Gasteiger partial charge on any atom is -0.481 e. The van der Waals surface area contributed by atoms with Crippen LogP contribution in [0.5, 0.6) is 0 Å². The fourth-order valence-electron chi connectivity index (χ4n) is 4.81. The molecule has 3 atom stereocenters. The van der Waals surface area contributed by atoms with Crippen LogP contribution >= 0.6 is 0 Å². The normalized spacial score (nSPS) is 26.7. The van der Waals surface area contributed by atoms with E-state index in [1.165, 1.54) is 4.90 Å². The van der Waals surface area contributed by atoms with Gasteiger partial charge in [0.05, 0.1) is 25.2 Å². The van der Waals surface area contributed by atoms with Crippen molar-refractivity contribution in [1.29, 1.82) is 0 Å². The zero-order chi connectivity index (χ0) is 21.7. The number of amides is 2. The topological polar surface area (TPSA) is 96.4 Å². The average Bonchev–Trinajstić information content (AvgIpc) is 3.02. The molecule has 2 heterocycles. The van der Waals surface area contributed by atoms with E-state index in [1.807, 2.05) is 18.2 Å². The van der Waals surface area contributed by atoms with Crippen molar-refractivity contribution in [3.8, 4) is 0 Å². The zero-order valence-electron chi connectivity index (χ0n) is 17.6. The molecule has 3 rings (SSSR count). The molecule has 0 aromatic heterocycles. The predicted molar refractivity (Wildman–Crippen MR) is 109 cm³/mol. The molecule has 8 nitrogen and oxygen atoms in total. The first kappa shape index (κ1) is 22.1. The van der Waals surface area contributed by atoms with Gasteiger partial charge in [0.15, 0.2) is 0 Å². The summed E-state index contributed by atoms with van der Waals surface area (Å²) in [5.41, 5.74) is -0.546. The Labute approximate surface area is 176 Å². The van der Waals surface area contributed by atoms with Crippen LogP contribution in [0.25, 0.3) is 0 Å². The highest BCUT2D eigenvalue weighted by molar-refractivity contribution is 5.93. The van der Waals surface area contributed by atoms with Gasteiger partial charge < -0.3 is 19.5 Å². The molecule has 1 aromatic rings. The minimum absolute atomic E-state index is 0.0724. The number of methoxy groups -OCH3 is 1. The minimum atomic E-state index is -1.24. The lowest BCUT2D eigenvalue weighted by Crippen LogP contribution is -2.58. The molecule has 1 spiro atoms. The number of aliphatic carboxylic acids is 1. The van der Waals surface area contributed by atoms with E-state index in [1.54, 1.807) is 31.1 Å². The Kier molecular flexibility index (Phi) is 6.97. The Morgan fingerprint density at radius 2 is 1.97 bits per heavy atom. The molecule has 1 aromatic carbocycles. The molecule has 0 aliphatic carbocycles. The van der Waals surface area contributed by atoms with Crippen molar-refractivity contribution in [1.82, 2.24) is 9.80 Å². The van der Waals surface area contributed by atoms with Crippen LogP contribution in [0.2, 0.25) is 0 Å². The number of nitrogens with zero attached hydrogens (tertiary/aromatic N) is 2. The van der Waals surface area contributed by atoms with Gasteiger partial charge in [-0.3, -0.25) is 14.5 Å². The lowest BCUT2D eigenvalue weighted by molar-refractivity contribution is -0.143. The number of rotatable bonds is 6. The number of carboxylic acid groups (broad SMARTS) is 1. The van der Waals surface area contributed by atoms with Crippen LogP contribution in [0.4, 0.5) is 4.79 Å². The molecule has 2 fully saturated rings. The Bertz CT molecular complexity index is 770. The van der Waals surface area contributed by atoms with Gasteiger partial charge in [0.25, 0.3) is 0 Å². The van der Waals surface area contributed by atoms with E-state index in [9.17, 15) is 19.5 Å². The Morgan fingerprint density at radius 3 is 2.60 bits per heavy atom. The maximum absolute atomic E-state index is 13.8. The van der Waals surface area contributed by atoms with E-state index in [2.05, 4.69) is 0 Å². The summed E-state index contributed by atoms with van der Waals surface area (Å²) >= 11 is 0. The van der Waals surface area contributed by atoms with Gasteiger partial charge in [-0.25, -0.2) is 4.79 Å². The molecule has 2 aliphatic rings. The van der Waals surface area contributed by atoms with Crippen LogP contribution in [0.15, 0.2) is 30.3 Å². The summed E-state index contributed by atoms with van der Waals surface area (Å²) in [5.74, 6) is -2.13. The third-order valence-electron chi connectivity index (χ3n) is 6.12. The predicted octanol–water partition coefficient (Wildman–Crippen LogP) is 2.69. The zero-order valence-corrected chi connectivity index (χ0v) is 17.6. The average molecular weight is 418 g/mol. The lowest BCUT2D eigenvalue weighted by Gasteiger charge is -2.40. The fourth-order valence-corrected chi connectivity index (χ4v) is 4.81. The monoisotopic (exact) mass is 418 g/mol. The number of benzene rings is 1. The van der Waals surface area contributed by atoms with Crippen LogP contribution in [0.1, 0.15) is 44.2 Å². The van der Waals surface area contributed by atoms with Crippen molar-refractivity contribution in [3.63, 3.8) is 0 Å². The van der Waals surface area contributed by atoms with Crippen molar-refractivity contribution in [2.75, 3.05) is 33.4 Å². The van der Waals surface area contributed by atoms with Crippen molar-refractivity contribution in [2.24, 2.45) is 5.92 Å². The highest BCUT2D eigenvalue weighted by Gasteiger charge is 2.62. The Hall–Kier alpha value is -2.61. The summed E-state index contributed by atoms with van der Waals surface area (Å²) in [7, 11) is 1.57. The second-order valence-electron chi connectivity index (χ2n) is 7.85. The van der Waals surface area contributed by atoms with Gasteiger partial charge in [0, 0.05) is 20.2 Å². The Morgan fingerprint density at radius 1 is 1.23 bits per heavy atom. The van der Waals surface area contributed by atoms with E-state index >= 15 is 0 Å². The van der Waals surface area contributed by atoms with Crippen molar-refractivity contribution in [2.45, 2.75) is 44.2 Å². The van der Waals surface area contributed by atoms with Crippen molar-refractivity contribution >= 4 is 18.0 Å². The standard InChI is InChI=1S/C22H30N2O6/c1-3-30-21(28)24-18(16-9-5-4-6-10-16)17(19(25)26)15-22(24)11-7-8-12-23(20(22)27)13-14-29-2/h4-6,9-10,17-18H,3,7-8,11-15H2,1-2H3,(H,25,26)/t17-,18-,22-/m0/s1. The molecule has 8 heteroatoms. The molecule has 0 radical (unpaired) electrons. The van der Waals surface area contributed by atoms with E-state index in [0.717, 1.165) is 12.8 Å². The van der Waals surface area contributed by atoms with Crippen LogP contribution in [0.3, 0.4) is 0 Å². The van der Waals surface area contributed by atoms with Crippen LogP contribution in [0, 0.1) is 5.92 Å². The number of carboxylic acids is 1. The van der Waals surface area contributed by atoms with Gasteiger partial charge in [-0.15, -0.1) is 0 Å². The van der Waals surface area contributed by atoms with E-state index in [-0.39, 0.29) is 18.9 Å². The summed E-state index contributed by atoms with van der Waals surface area (Å²) in [6.07, 6.45) is 1.36. The molecule has 2 amide bonds. The summed E-state index contributed by atoms with van der Waals surface area (Å²) in [4.78, 5) is 42.3. The largest absolute Gasteiger partial charge is 0.481 e. The second-order valence-corrected chi connectivity index (χ2v) is 7.85. The van der Waals surface area contributed by atoms with Gasteiger partial charge in [-0.1, -0.05) is 30.3 Å². The Balaban J connectivity index is 2.11. The maximum atomic E-state index is 13.8. The third-order valence-corrected chi connectivity index (χ3v) is 6.12. The highest BCUT2D eigenvalue weighted by Crippen LogP contribution is 2.51. The first-order valence-corrected chi connectivity index (χ1v) is 10.5. The molecule has 30 heavy (non-hydrogen) atoms. The lowest BCUT2D eigenvalue weighted by atomic mass is 9.85. The summed E-state index contributed by atoms with van der Waals surface area (Å²) < 4.78 is 10.5. The number of ether oxygens (including phenoxy) is 2. The highest BCUT2D eigenvalue weighted by atomic mass is 16.6. The number of hydrogen-bond acceptors (Lipinski definition) is 5. The fraction of sp³-hybridized carbons (Fsp3) is 0.591. The smallest absolute Gasteiger partial charge is 0.411 e. The summed E-state index contributed by atoms with van der Waals surface area (Å²) in [6, 6.07) is 8.28. The second kappa shape index (κ2) is 9.47. The number of likely N-dealkylation sites (tertiary alicyclic amines) is 2. The first-order valence-electron chi connectivity index (χ1n) is 10.5. The van der Waals surface area contributed by atoms with Gasteiger partial charge in [-0.05, 0) is 38.2 Å². The maximum Gasteiger partial charge on any atom is 0.411 e. The molecular weight excluding hydrogens is 388 g/mol. The van der Waals surface area contributed by atoms with Gasteiger partial charge in [0.2, 0.25) is 5.91 Å². The summed E-state index contributed by atoms with van der Waals surface area (Å²) in [5, 5.41) is 10.0. The molecule has 1 N–H and O–H groups in total. The van der Waals surface area contributed by atoms with E-state index in [4.69, 9.17) is 9.47 Å². The van der Waals surface area contributed by atoms with Crippen LogP contribution in [-0.4, -0.2) is 71.8 Å². The van der Waals surface area contributed by atoms with Gasteiger partial charge in [-0.2, -0.15) is 0 Å². The number of carbonyl (C=O) groups is 3. The molecule has 0 saturated carbocycles. The molecule has 2 saturated heterocycles. The van der Waals surface area contributed by atoms with Gasteiger partial charge in [0.1, 0.15) is 5.54 Å². The molecule has 164 valence electrons. The van der Waals surface area contributed by atoms with E-state index < -0.39 is 29.6 Å². The SMILES string of the molecule is CCOC(=O)N1[C@@H](c2ccccc2)[C@@H](C(=O)O)C[C@]12CCCCN(CCOC)C2=O. The van der Waals surface area contributed by atoms with Crippen molar-refractivity contribution < 1.29 is 29.0 Å². The quantitative estimate of drug-likeness (QED) is 0.763. The molecule has 2 aliphatic heterocycles. The summed E-state index contributed by atoms with van der Waals surface area (Å²) in [6.45, 7) is 3.19. The molecular formula is C22H30N2O6. The third kappa shape index (κ3) is 4.01. The number of hydrogen-bond donors (Lipinski definition) is 1. The first-order chi connectivity index (χ1) is 14.5.